The van der Waals surface area contributed by atoms with Crippen LogP contribution in [0.3, 0.4) is 0 Å². The van der Waals surface area contributed by atoms with Gasteiger partial charge in [0.2, 0.25) is 0 Å². The fourth-order valence-electron chi connectivity index (χ4n) is 2.30. The second kappa shape index (κ2) is 11.5. The van der Waals surface area contributed by atoms with Crippen LogP contribution >= 0.6 is 0 Å². The zero-order valence-corrected chi connectivity index (χ0v) is 15.7. The molecule has 0 aliphatic heterocycles. The van der Waals surface area contributed by atoms with Gasteiger partial charge in [0, 0.05) is 43.5 Å². The molecule has 2 rings (SSSR count). The topological polar surface area (TPSA) is 122 Å². The maximum Gasteiger partial charge on any atom is 0.269 e. The Morgan fingerprint density at radius 3 is 2.71 bits per heavy atom. The van der Waals surface area contributed by atoms with Crippen molar-refractivity contribution >= 4 is 11.6 Å². The molecule has 0 amide bonds. The molecule has 2 aromatic rings. The van der Waals surface area contributed by atoms with E-state index in [1.807, 2.05) is 25.1 Å². The first-order valence-electron chi connectivity index (χ1n) is 9.06. The van der Waals surface area contributed by atoms with Crippen LogP contribution in [-0.4, -0.2) is 53.3 Å². The van der Waals surface area contributed by atoms with E-state index in [-0.39, 0.29) is 18.8 Å². The summed E-state index contributed by atoms with van der Waals surface area (Å²) in [4.78, 5) is 18.8. The summed E-state index contributed by atoms with van der Waals surface area (Å²) in [6, 6.07) is 11.5. The molecule has 9 heteroatoms. The minimum absolute atomic E-state index is 0.00967. The molecule has 9 nitrogen and oxygen atoms in total. The number of non-ortho nitro benzene ring substituents is 1. The highest BCUT2D eigenvalue weighted by Gasteiger charge is 2.08. The molecule has 0 saturated heterocycles. The molecule has 1 aromatic heterocycles. The van der Waals surface area contributed by atoms with E-state index in [4.69, 9.17) is 4.74 Å². The molecule has 0 fully saturated rings. The van der Waals surface area contributed by atoms with E-state index in [0.29, 0.717) is 24.8 Å². The summed E-state index contributed by atoms with van der Waals surface area (Å²) in [5, 5.41) is 27.0. The molecular formula is C19H25N5O4. The van der Waals surface area contributed by atoms with E-state index in [1.54, 1.807) is 6.20 Å². The number of guanidine groups is 1. The number of pyridine rings is 1. The van der Waals surface area contributed by atoms with Gasteiger partial charge in [0.25, 0.3) is 5.69 Å². The first kappa shape index (κ1) is 21.1. The highest BCUT2D eigenvalue weighted by molar-refractivity contribution is 5.79. The average molecular weight is 387 g/mol. The van der Waals surface area contributed by atoms with E-state index in [2.05, 4.69) is 20.6 Å². The number of aromatic nitrogens is 1. The SMILES string of the molecule is CCNC(=NCC(O)COc1ccc([N+](=O)[O-])cc1)NCCc1ccccn1. The fourth-order valence-corrected chi connectivity index (χ4v) is 2.30. The Balaban J connectivity index is 1.76. The number of nitro groups is 1. The third kappa shape index (κ3) is 7.58. The van der Waals surface area contributed by atoms with Gasteiger partial charge in [-0.2, -0.15) is 0 Å². The Hall–Kier alpha value is -3.20. The zero-order valence-electron chi connectivity index (χ0n) is 15.7. The van der Waals surface area contributed by atoms with Crippen LogP contribution in [0.4, 0.5) is 5.69 Å². The monoisotopic (exact) mass is 387 g/mol. The molecule has 1 unspecified atom stereocenters. The van der Waals surface area contributed by atoms with Crippen molar-refractivity contribution in [2.45, 2.75) is 19.4 Å². The number of aliphatic hydroxyl groups excluding tert-OH is 1. The lowest BCUT2D eigenvalue weighted by Gasteiger charge is -2.13. The molecule has 0 saturated carbocycles. The molecule has 1 heterocycles. The number of nitrogens with zero attached hydrogens (tertiary/aromatic N) is 3. The lowest BCUT2D eigenvalue weighted by atomic mass is 10.3. The van der Waals surface area contributed by atoms with Crippen LogP contribution in [0.2, 0.25) is 0 Å². The van der Waals surface area contributed by atoms with E-state index in [1.165, 1.54) is 24.3 Å². The predicted octanol–water partition coefficient (Wildman–Crippen LogP) is 1.53. The number of nitro benzene ring substituents is 1. The molecule has 0 aliphatic rings. The van der Waals surface area contributed by atoms with Crippen molar-refractivity contribution in [3.63, 3.8) is 0 Å². The van der Waals surface area contributed by atoms with E-state index >= 15 is 0 Å². The highest BCUT2D eigenvalue weighted by atomic mass is 16.6. The Morgan fingerprint density at radius 1 is 1.29 bits per heavy atom. The normalized spacial score (nSPS) is 12.3. The Morgan fingerprint density at radius 2 is 2.07 bits per heavy atom. The Bertz CT molecular complexity index is 753. The molecule has 0 aliphatic carbocycles. The zero-order chi connectivity index (χ0) is 20.2. The number of benzene rings is 1. The number of aliphatic hydroxyl groups is 1. The van der Waals surface area contributed by atoms with Crippen LogP contribution in [0.15, 0.2) is 53.7 Å². The van der Waals surface area contributed by atoms with Gasteiger partial charge >= 0.3 is 0 Å². The summed E-state index contributed by atoms with van der Waals surface area (Å²) in [7, 11) is 0. The number of aliphatic imine (C=N–C) groups is 1. The Kier molecular flexibility index (Phi) is 8.67. The summed E-state index contributed by atoms with van der Waals surface area (Å²) in [5.74, 6) is 1.06. The number of nitrogens with one attached hydrogen (secondary N) is 2. The molecule has 1 aromatic carbocycles. The van der Waals surface area contributed by atoms with Crippen LogP contribution in [0.25, 0.3) is 0 Å². The van der Waals surface area contributed by atoms with Gasteiger partial charge in [-0.3, -0.25) is 20.1 Å². The minimum Gasteiger partial charge on any atom is -0.491 e. The van der Waals surface area contributed by atoms with Crippen molar-refractivity contribution < 1.29 is 14.8 Å². The molecule has 0 radical (unpaired) electrons. The van der Waals surface area contributed by atoms with Crippen molar-refractivity contribution in [2.75, 3.05) is 26.2 Å². The number of ether oxygens (including phenoxy) is 1. The third-order valence-corrected chi connectivity index (χ3v) is 3.69. The molecule has 0 spiro atoms. The van der Waals surface area contributed by atoms with Gasteiger partial charge in [0.1, 0.15) is 18.5 Å². The summed E-state index contributed by atoms with van der Waals surface area (Å²) < 4.78 is 5.44. The van der Waals surface area contributed by atoms with Crippen molar-refractivity contribution in [3.8, 4) is 5.75 Å². The van der Waals surface area contributed by atoms with Crippen LogP contribution < -0.4 is 15.4 Å². The third-order valence-electron chi connectivity index (χ3n) is 3.69. The first-order chi connectivity index (χ1) is 13.6. The molecule has 28 heavy (non-hydrogen) atoms. The van der Waals surface area contributed by atoms with Gasteiger partial charge in [0.05, 0.1) is 11.5 Å². The molecule has 3 N–H and O–H groups in total. The van der Waals surface area contributed by atoms with Gasteiger partial charge in [0.15, 0.2) is 5.96 Å². The van der Waals surface area contributed by atoms with Crippen molar-refractivity contribution in [2.24, 2.45) is 4.99 Å². The second-order valence-electron chi connectivity index (χ2n) is 5.93. The standard InChI is InChI=1S/C19H25N5O4/c1-2-20-19(22-12-10-15-5-3-4-11-21-15)23-13-17(25)14-28-18-8-6-16(7-9-18)24(26)27/h3-9,11,17,25H,2,10,12-14H2,1H3,(H2,20,22,23). The average Bonchev–Trinajstić information content (AvgIpc) is 2.71. The minimum atomic E-state index is -0.804. The molecule has 0 bridgehead atoms. The van der Waals surface area contributed by atoms with Gasteiger partial charge in [-0.15, -0.1) is 0 Å². The van der Waals surface area contributed by atoms with Crippen LogP contribution in [0.5, 0.6) is 5.75 Å². The molecular weight excluding hydrogens is 362 g/mol. The summed E-state index contributed by atoms with van der Waals surface area (Å²) in [5.41, 5.74) is 0.979. The van der Waals surface area contributed by atoms with Crippen molar-refractivity contribution in [1.82, 2.24) is 15.6 Å². The summed E-state index contributed by atoms with van der Waals surface area (Å²) in [6.45, 7) is 3.52. The van der Waals surface area contributed by atoms with Crippen molar-refractivity contribution in [1.29, 1.82) is 0 Å². The quantitative estimate of drug-likeness (QED) is 0.245. The van der Waals surface area contributed by atoms with Crippen LogP contribution in [0.1, 0.15) is 12.6 Å². The van der Waals surface area contributed by atoms with Gasteiger partial charge in [-0.25, -0.2) is 0 Å². The van der Waals surface area contributed by atoms with E-state index in [9.17, 15) is 15.2 Å². The largest absolute Gasteiger partial charge is 0.491 e. The number of hydrogen-bond donors (Lipinski definition) is 3. The van der Waals surface area contributed by atoms with Gasteiger partial charge in [-0.1, -0.05) is 6.07 Å². The van der Waals surface area contributed by atoms with Crippen molar-refractivity contribution in [3.05, 3.63) is 64.5 Å². The smallest absolute Gasteiger partial charge is 0.269 e. The lowest BCUT2D eigenvalue weighted by Crippen LogP contribution is -2.39. The molecule has 1 atom stereocenters. The highest BCUT2D eigenvalue weighted by Crippen LogP contribution is 2.17. The number of rotatable bonds is 10. The van der Waals surface area contributed by atoms with Crippen LogP contribution in [-0.2, 0) is 6.42 Å². The summed E-state index contributed by atoms with van der Waals surface area (Å²) >= 11 is 0. The van der Waals surface area contributed by atoms with Crippen LogP contribution in [0, 0.1) is 10.1 Å². The van der Waals surface area contributed by atoms with E-state index in [0.717, 1.165) is 12.1 Å². The maximum atomic E-state index is 10.6. The lowest BCUT2D eigenvalue weighted by molar-refractivity contribution is -0.384. The predicted molar refractivity (Wildman–Crippen MR) is 107 cm³/mol. The van der Waals surface area contributed by atoms with E-state index < -0.39 is 11.0 Å². The van der Waals surface area contributed by atoms with Gasteiger partial charge in [-0.05, 0) is 31.2 Å². The Labute approximate surface area is 163 Å². The summed E-state index contributed by atoms with van der Waals surface area (Å²) in [6.07, 6.45) is 1.72. The number of hydrogen-bond acceptors (Lipinski definition) is 6. The first-order valence-corrected chi connectivity index (χ1v) is 9.06. The fraction of sp³-hybridized carbons (Fsp3) is 0.368. The second-order valence-corrected chi connectivity index (χ2v) is 5.93. The maximum absolute atomic E-state index is 10.6. The van der Waals surface area contributed by atoms with Gasteiger partial charge < -0.3 is 20.5 Å². The molecule has 150 valence electrons.